The Bertz CT molecular complexity index is 716. The molecule has 0 atom stereocenters. The zero-order valence-electron chi connectivity index (χ0n) is 10.7. The number of anilines is 1. The number of hydrogen-bond donors (Lipinski definition) is 2. The maximum Gasteiger partial charge on any atom is 0.275 e. The third kappa shape index (κ3) is 4.20. The Balaban J connectivity index is 2.28. The summed E-state index contributed by atoms with van der Waals surface area (Å²) < 4.78 is 0. The average molecular weight is 321 g/mol. The number of amides is 1. The highest BCUT2D eigenvalue weighted by Crippen LogP contribution is 2.23. The van der Waals surface area contributed by atoms with E-state index >= 15 is 0 Å². The van der Waals surface area contributed by atoms with Gasteiger partial charge in [0.2, 0.25) is 0 Å². The van der Waals surface area contributed by atoms with Crippen molar-refractivity contribution in [2.75, 3.05) is 11.9 Å². The van der Waals surface area contributed by atoms with E-state index in [1.165, 1.54) is 6.20 Å². The van der Waals surface area contributed by atoms with Gasteiger partial charge in [-0.05, 0) is 30.3 Å². The lowest BCUT2D eigenvalue weighted by atomic mass is 10.2. The van der Waals surface area contributed by atoms with Crippen LogP contribution in [0.15, 0.2) is 36.5 Å². The number of aromatic nitrogens is 1. The Morgan fingerprint density at radius 3 is 2.67 bits per heavy atom. The number of hydrogen-bond acceptors (Lipinski definition) is 3. The standard InChI is InChI=1S/C15H10Cl2N2O2/c16-11-7-12(17)9-13(8-11)19-15(21)14-10(4-2-6-20)3-1-5-18-14/h1,3,5,7-9,20H,6H2,(H,19,21). The Hall–Kier alpha value is -2.06. The first-order valence-electron chi connectivity index (χ1n) is 5.92. The van der Waals surface area contributed by atoms with Crippen LogP contribution in [0.2, 0.25) is 10.0 Å². The number of pyridine rings is 1. The molecule has 0 unspecified atom stereocenters. The van der Waals surface area contributed by atoms with Gasteiger partial charge in [0, 0.05) is 21.9 Å². The Kier molecular flexibility index (Phi) is 5.18. The van der Waals surface area contributed by atoms with Crippen LogP contribution in [-0.4, -0.2) is 22.6 Å². The van der Waals surface area contributed by atoms with Crippen LogP contribution in [0, 0.1) is 11.8 Å². The summed E-state index contributed by atoms with van der Waals surface area (Å²) in [4.78, 5) is 16.2. The van der Waals surface area contributed by atoms with Crippen molar-refractivity contribution in [2.24, 2.45) is 0 Å². The Morgan fingerprint density at radius 1 is 1.29 bits per heavy atom. The second kappa shape index (κ2) is 7.09. The summed E-state index contributed by atoms with van der Waals surface area (Å²) in [6.07, 6.45) is 1.49. The molecule has 0 radical (unpaired) electrons. The minimum atomic E-state index is -0.434. The van der Waals surface area contributed by atoms with Crippen LogP contribution in [0.4, 0.5) is 5.69 Å². The predicted molar refractivity (Wildman–Crippen MR) is 82.6 cm³/mol. The maximum atomic E-state index is 12.2. The fourth-order valence-corrected chi connectivity index (χ4v) is 2.16. The highest BCUT2D eigenvalue weighted by Gasteiger charge is 2.12. The normalized spacial score (nSPS) is 9.67. The molecule has 0 bridgehead atoms. The van der Waals surface area contributed by atoms with Gasteiger partial charge in [0.05, 0.1) is 5.56 Å². The molecule has 0 saturated carbocycles. The molecule has 1 heterocycles. The minimum absolute atomic E-state index is 0.162. The number of nitrogens with one attached hydrogen (secondary N) is 1. The van der Waals surface area contributed by atoms with E-state index in [1.54, 1.807) is 30.3 Å². The Morgan fingerprint density at radius 2 is 2.00 bits per heavy atom. The third-order valence-corrected chi connectivity index (χ3v) is 2.88. The topological polar surface area (TPSA) is 62.2 Å². The first kappa shape index (κ1) is 15.3. The van der Waals surface area contributed by atoms with Crippen LogP contribution in [0.3, 0.4) is 0 Å². The lowest BCUT2D eigenvalue weighted by Gasteiger charge is -2.07. The molecule has 0 spiro atoms. The monoisotopic (exact) mass is 320 g/mol. The van der Waals surface area contributed by atoms with E-state index in [-0.39, 0.29) is 12.3 Å². The first-order chi connectivity index (χ1) is 10.1. The van der Waals surface area contributed by atoms with E-state index in [4.69, 9.17) is 28.3 Å². The van der Waals surface area contributed by atoms with Crippen LogP contribution in [0.5, 0.6) is 0 Å². The maximum absolute atomic E-state index is 12.2. The van der Waals surface area contributed by atoms with Gasteiger partial charge in [-0.25, -0.2) is 4.98 Å². The van der Waals surface area contributed by atoms with Crippen LogP contribution in [0.25, 0.3) is 0 Å². The average Bonchev–Trinajstić information content (AvgIpc) is 2.44. The lowest BCUT2D eigenvalue weighted by Crippen LogP contribution is -2.15. The fourth-order valence-electron chi connectivity index (χ4n) is 1.64. The van der Waals surface area contributed by atoms with Gasteiger partial charge in [-0.3, -0.25) is 4.79 Å². The number of aliphatic hydroxyl groups excluding tert-OH is 1. The van der Waals surface area contributed by atoms with E-state index in [0.717, 1.165) is 0 Å². The van der Waals surface area contributed by atoms with Crippen molar-refractivity contribution in [3.8, 4) is 11.8 Å². The zero-order chi connectivity index (χ0) is 15.2. The largest absolute Gasteiger partial charge is 0.384 e. The molecule has 0 aliphatic rings. The molecule has 0 saturated heterocycles. The molecule has 2 rings (SSSR count). The highest BCUT2D eigenvalue weighted by atomic mass is 35.5. The van der Waals surface area contributed by atoms with Gasteiger partial charge in [0.1, 0.15) is 12.3 Å². The van der Waals surface area contributed by atoms with E-state index in [2.05, 4.69) is 22.1 Å². The molecule has 2 N–H and O–H groups in total. The number of aliphatic hydroxyl groups is 1. The number of carbonyl (C=O) groups excluding carboxylic acids is 1. The van der Waals surface area contributed by atoms with Gasteiger partial charge in [-0.2, -0.15) is 0 Å². The van der Waals surface area contributed by atoms with Crippen LogP contribution < -0.4 is 5.32 Å². The summed E-state index contributed by atoms with van der Waals surface area (Å²) in [6, 6.07) is 8.03. The fraction of sp³-hybridized carbons (Fsp3) is 0.0667. The first-order valence-corrected chi connectivity index (χ1v) is 6.68. The summed E-state index contributed by atoms with van der Waals surface area (Å²) in [5, 5.41) is 12.2. The van der Waals surface area contributed by atoms with Crippen molar-refractivity contribution in [1.29, 1.82) is 0 Å². The summed E-state index contributed by atoms with van der Waals surface area (Å²) in [6.45, 7) is -0.292. The molecular weight excluding hydrogens is 311 g/mol. The zero-order valence-corrected chi connectivity index (χ0v) is 12.2. The minimum Gasteiger partial charge on any atom is -0.384 e. The van der Waals surface area contributed by atoms with Gasteiger partial charge in [0.15, 0.2) is 0 Å². The summed E-state index contributed by atoms with van der Waals surface area (Å²) in [7, 11) is 0. The van der Waals surface area contributed by atoms with Crippen molar-refractivity contribution in [1.82, 2.24) is 4.98 Å². The highest BCUT2D eigenvalue weighted by molar-refractivity contribution is 6.35. The molecule has 0 aliphatic carbocycles. The van der Waals surface area contributed by atoms with Crippen molar-refractivity contribution < 1.29 is 9.90 Å². The number of rotatable bonds is 2. The number of nitrogens with zero attached hydrogens (tertiary/aromatic N) is 1. The molecule has 0 fully saturated rings. The molecule has 6 heteroatoms. The van der Waals surface area contributed by atoms with Crippen molar-refractivity contribution in [3.63, 3.8) is 0 Å². The SMILES string of the molecule is O=C(Nc1cc(Cl)cc(Cl)c1)c1ncccc1C#CCO. The third-order valence-electron chi connectivity index (χ3n) is 2.45. The summed E-state index contributed by atoms with van der Waals surface area (Å²) >= 11 is 11.8. The summed E-state index contributed by atoms with van der Waals surface area (Å²) in [5.41, 5.74) is 1.05. The summed E-state index contributed by atoms with van der Waals surface area (Å²) in [5.74, 6) is 4.73. The second-order valence-electron chi connectivity index (χ2n) is 3.97. The van der Waals surface area contributed by atoms with Gasteiger partial charge in [0.25, 0.3) is 5.91 Å². The number of halogens is 2. The van der Waals surface area contributed by atoms with Gasteiger partial charge in [-0.1, -0.05) is 35.0 Å². The van der Waals surface area contributed by atoms with Crippen molar-refractivity contribution in [3.05, 3.63) is 57.8 Å². The molecule has 106 valence electrons. The molecule has 2 aromatic rings. The van der Waals surface area contributed by atoms with Crippen LogP contribution in [-0.2, 0) is 0 Å². The molecule has 4 nitrogen and oxygen atoms in total. The van der Waals surface area contributed by atoms with Crippen LogP contribution in [0.1, 0.15) is 16.1 Å². The number of carbonyl (C=O) groups is 1. The Labute approximate surface area is 131 Å². The van der Waals surface area contributed by atoms with Crippen LogP contribution >= 0.6 is 23.2 Å². The predicted octanol–water partition coefficient (Wildman–Crippen LogP) is 2.98. The molecule has 1 aromatic heterocycles. The molecule has 0 aliphatic heterocycles. The second-order valence-corrected chi connectivity index (χ2v) is 4.84. The quantitative estimate of drug-likeness (QED) is 0.836. The van der Waals surface area contributed by atoms with E-state index in [1.807, 2.05) is 0 Å². The molecule has 1 aromatic carbocycles. The van der Waals surface area contributed by atoms with E-state index in [0.29, 0.717) is 21.3 Å². The molecule has 1 amide bonds. The van der Waals surface area contributed by atoms with E-state index < -0.39 is 5.91 Å². The van der Waals surface area contributed by atoms with Gasteiger partial charge in [-0.15, -0.1) is 0 Å². The van der Waals surface area contributed by atoms with Crippen molar-refractivity contribution >= 4 is 34.8 Å². The molecular formula is C15H10Cl2N2O2. The smallest absolute Gasteiger partial charge is 0.275 e. The van der Waals surface area contributed by atoms with Gasteiger partial charge < -0.3 is 10.4 Å². The molecule has 21 heavy (non-hydrogen) atoms. The number of benzene rings is 1. The van der Waals surface area contributed by atoms with E-state index in [9.17, 15) is 4.79 Å². The van der Waals surface area contributed by atoms with Crippen molar-refractivity contribution in [2.45, 2.75) is 0 Å². The van der Waals surface area contributed by atoms with Gasteiger partial charge >= 0.3 is 0 Å². The lowest BCUT2D eigenvalue weighted by molar-refractivity contribution is 0.102.